The molecule has 0 saturated heterocycles. The Balaban J connectivity index is 0.000000687. The standard InChI is InChI=1S/C27H24.2ClH.Zr/c1-3-18(2)21-15-19-10-8-14-25(26(19)17-21)27-16-20-9-4-5-11-22(20)23-12-6-7-13-24(23)27;;;/h4-14,16-18H,3,15H2,1-2H3;2*1H;/q;;;+2/p-2. The average molecular weight is 511 g/mol. The zero-order chi connectivity index (χ0) is 21.1. The van der Waals surface area contributed by atoms with Crippen molar-refractivity contribution in [3.63, 3.8) is 0 Å². The first kappa shape index (κ1) is 21.8. The second-order valence-electron chi connectivity index (χ2n) is 7.85. The summed E-state index contributed by atoms with van der Waals surface area (Å²) in [6, 6.07) is 26.8. The van der Waals surface area contributed by atoms with Crippen molar-refractivity contribution < 1.29 is 20.8 Å². The van der Waals surface area contributed by atoms with Crippen molar-refractivity contribution >= 4 is 44.6 Å². The molecule has 30 heavy (non-hydrogen) atoms. The average Bonchev–Trinajstić information content (AvgIpc) is 3.23. The molecule has 5 rings (SSSR count). The molecule has 0 radical (unpaired) electrons. The summed E-state index contributed by atoms with van der Waals surface area (Å²) in [5.41, 5.74) is 7.19. The SMILES string of the molecule is CCC(C)C1=Cc2c(cccc2-c2cc3ccccc3c3ccccc23)C1.[Cl][Zr][Cl]. The van der Waals surface area contributed by atoms with Crippen LogP contribution in [0.3, 0.4) is 0 Å². The molecule has 0 N–H and O–H groups in total. The molecular weight excluding hydrogens is 486 g/mol. The first-order chi connectivity index (χ1) is 14.7. The van der Waals surface area contributed by atoms with Gasteiger partial charge in [0.1, 0.15) is 0 Å². The fraction of sp³-hybridized carbons (Fsp3) is 0.185. The fourth-order valence-electron chi connectivity index (χ4n) is 4.48. The van der Waals surface area contributed by atoms with Crippen LogP contribution in [0, 0.1) is 5.92 Å². The summed E-state index contributed by atoms with van der Waals surface area (Å²) in [5.74, 6) is 0.651. The van der Waals surface area contributed by atoms with E-state index in [0.717, 1.165) is 6.42 Å². The van der Waals surface area contributed by atoms with Gasteiger partial charge in [0.15, 0.2) is 0 Å². The summed E-state index contributed by atoms with van der Waals surface area (Å²) in [4.78, 5) is 0. The summed E-state index contributed by atoms with van der Waals surface area (Å²) < 4.78 is 0. The zero-order valence-electron chi connectivity index (χ0n) is 17.3. The molecule has 0 spiro atoms. The summed E-state index contributed by atoms with van der Waals surface area (Å²) >= 11 is -0.826. The molecule has 1 atom stereocenters. The van der Waals surface area contributed by atoms with Gasteiger partial charge in [0, 0.05) is 0 Å². The number of rotatable bonds is 3. The van der Waals surface area contributed by atoms with Crippen molar-refractivity contribution in [1.82, 2.24) is 0 Å². The van der Waals surface area contributed by atoms with E-state index in [0.29, 0.717) is 5.92 Å². The van der Waals surface area contributed by atoms with Crippen LogP contribution in [0.15, 0.2) is 78.4 Å². The Kier molecular flexibility index (Phi) is 7.14. The van der Waals surface area contributed by atoms with Crippen molar-refractivity contribution in [3.8, 4) is 11.1 Å². The molecule has 0 aliphatic heterocycles. The maximum atomic E-state index is 4.93. The Morgan fingerprint density at radius 1 is 0.833 bits per heavy atom. The third kappa shape index (κ3) is 4.18. The van der Waals surface area contributed by atoms with E-state index in [1.807, 2.05) is 0 Å². The second-order valence-corrected chi connectivity index (χ2v) is 11.6. The second kappa shape index (κ2) is 9.82. The molecule has 0 nitrogen and oxygen atoms in total. The molecule has 1 unspecified atom stereocenters. The van der Waals surface area contributed by atoms with Crippen LogP contribution in [0.2, 0.25) is 0 Å². The van der Waals surface area contributed by atoms with Crippen LogP contribution in [-0.2, 0) is 27.3 Å². The monoisotopic (exact) mass is 508 g/mol. The van der Waals surface area contributed by atoms with E-state index >= 15 is 0 Å². The minimum absolute atomic E-state index is 0.651. The molecule has 0 heterocycles. The van der Waals surface area contributed by atoms with Crippen LogP contribution < -0.4 is 0 Å². The molecule has 0 amide bonds. The molecule has 1 aliphatic carbocycles. The Hall–Kier alpha value is -1.40. The molecule has 0 fully saturated rings. The van der Waals surface area contributed by atoms with Crippen molar-refractivity contribution in [2.24, 2.45) is 5.92 Å². The third-order valence-corrected chi connectivity index (χ3v) is 6.22. The van der Waals surface area contributed by atoms with Crippen LogP contribution in [0.5, 0.6) is 0 Å². The van der Waals surface area contributed by atoms with Crippen LogP contribution in [-0.4, -0.2) is 0 Å². The molecule has 0 saturated carbocycles. The number of hydrogen-bond acceptors (Lipinski definition) is 0. The summed E-state index contributed by atoms with van der Waals surface area (Å²) in [5, 5.41) is 5.33. The maximum absolute atomic E-state index is 4.93. The van der Waals surface area contributed by atoms with E-state index < -0.39 is 20.8 Å². The Morgan fingerprint density at radius 2 is 1.50 bits per heavy atom. The van der Waals surface area contributed by atoms with Crippen LogP contribution in [0.1, 0.15) is 31.4 Å². The van der Waals surface area contributed by atoms with Gasteiger partial charge in [-0.2, -0.15) is 0 Å². The third-order valence-electron chi connectivity index (χ3n) is 6.22. The van der Waals surface area contributed by atoms with Gasteiger partial charge in [-0.3, -0.25) is 0 Å². The van der Waals surface area contributed by atoms with Crippen molar-refractivity contribution in [2.75, 3.05) is 0 Å². The molecule has 3 heteroatoms. The van der Waals surface area contributed by atoms with Gasteiger partial charge in [0.2, 0.25) is 0 Å². The molecular formula is C27H24Cl2Zr. The van der Waals surface area contributed by atoms with Gasteiger partial charge in [-0.25, -0.2) is 0 Å². The summed E-state index contributed by atoms with van der Waals surface area (Å²) in [6.45, 7) is 4.63. The van der Waals surface area contributed by atoms with E-state index in [9.17, 15) is 0 Å². The minimum atomic E-state index is -0.826. The Morgan fingerprint density at radius 3 is 2.23 bits per heavy atom. The van der Waals surface area contributed by atoms with Gasteiger partial charge >= 0.3 is 37.9 Å². The van der Waals surface area contributed by atoms with Gasteiger partial charge in [-0.15, -0.1) is 0 Å². The number of fused-ring (bicyclic) bond motifs is 4. The quantitative estimate of drug-likeness (QED) is 0.241. The van der Waals surface area contributed by atoms with Crippen LogP contribution in [0.4, 0.5) is 0 Å². The molecule has 4 aromatic carbocycles. The Bertz CT molecular complexity index is 1230. The van der Waals surface area contributed by atoms with Crippen molar-refractivity contribution in [1.29, 1.82) is 0 Å². The summed E-state index contributed by atoms with van der Waals surface area (Å²) in [6.07, 6.45) is 4.76. The van der Waals surface area contributed by atoms with E-state index in [4.69, 9.17) is 17.0 Å². The first-order valence-corrected chi connectivity index (χ1v) is 16.7. The number of benzene rings is 4. The number of allylic oxidation sites excluding steroid dienone is 1. The normalized spacial score (nSPS) is 13.4. The van der Waals surface area contributed by atoms with Gasteiger partial charge in [-0.05, 0) is 68.6 Å². The Labute approximate surface area is 197 Å². The molecule has 150 valence electrons. The van der Waals surface area contributed by atoms with E-state index in [-0.39, 0.29) is 0 Å². The van der Waals surface area contributed by atoms with Crippen LogP contribution >= 0.6 is 17.0 Å². The molecule has 0 bridgehead atoms. The number of halogens is 2. The molecule has 4 aromatic rings. The molecule has 0 aromatic heterocycles. The van der Waals surface area contributed by atoms with Gasteiger partial charge < -0.3 is 0 Å². The topological polar surface area (TPSA) is 0 Å². The van der Waals surface area contributed by atoms with Crippen molar-refractivity contribution in [3.05, 3.63) is 89.5 Å². The zero-order valence-corrected chi connectivity index (χ0v) is 21.2. The van der Waals surface area contributed by atoms with Crippen LogP contribution in [0.25, 0.3) is 38.7 Å². The predicted octanol–water partition coefficient (Wildman–Crippen LogP) is 9.02. The fourth-order valence-corrected chi connectivity index (χ4v) is 4.48. The van der Waals surface area contributed by atoms with Crippen molar-refractivity contribution in [2.45, 2.75) is 26.7 Å². The summed E-state index contributed by atoms with van der Waals surface area (Å²) in [7, 11) is 9.87. The van der Waals surface area contributed by atoms with E-state index in [1.165, 1.54) is 50.2 Å². The predicted molar refractivity (Wildman–Crippen MR) is 130 cm³/mol. The van der Waals surface area contributed by atoms with Gasteiger partial charge in [0.25, 0.3) is 0 Å². The van der Waals surface area contributed by atoms with E-state index in [1.54, 1.807) is 5.57 Å². The van der Waals surface area contributed by atoms with Gasteiger partial charge in [-0.1, -0.05) is 92.2 Å². The van der Waals surface area contributed by atoms with Gasteiger partial charge in [0.05, 0.1) is 0 Å². The first-order valence-electron chi connectivity index (χ1n) is 10.4. The van der Waals surface area contributed by atoms with E-state index in [2.05, 4.69) is 92.7 Å². The molecule has 1 aliphatic rings. The number of hydrogen-bond donors (Lipinski definition) is 0.